The third kappa shape index (κ3) is 3.23. The SMILES string of the molecule is Cc1nccc(CNc2cc(C(C)C)ncn2)n1. The van der Waals surface area contributed by atoms with Crippen LogP contribution in [0.15, 0.2) is 24.7 Å². The zero-order chi connectivity index (χ0) is 13.0. The van der Waals surface area contributed by atoms with Crippen molar-refractivity contribution in [2.75, 3.05) is 5.32 Å². The van der Waals surface area contributed by atoms with Crippen molar-refractivity contribution in [1.29, 1.82) is 0 Å². The van der Waals surface area contributed by atoms with Crippen molar-refractivity contribution in [3.05, 3.63) is 41.9 Å². The third-order valence-electron chi connectivity index (χ3n) is 2.56. The summed E-state index contributed by atoms with van der Waals surface area (Å²) in [5, 5.41) is 3.24. The maximum Gasteiger partial charge on any atom is 0.129 e. The number of hydrogen-bond acceptors (Lipinski definition) is 5. The summed E-state index contributed by atoms with van der Waals surface area (Å²) in [7, 11) is 0. The van der Waals surface area contributed by atoms with Crippen LogP contribution < -0.4 is 5.32 Å². The van der Waals surface area contributed by atoms with E-state index in [1.165, 1.54) is 0 Å². The lowest BCUT2D eigenvalue weighted by Crippen LogP contribution is -2.05. The molecule has 0 atom stereocenters. The maximum absolute atomic E-state index is 4.33. The van der Waals surface area contributed by atoms with E-state index in [9.17, 15) is 0 Å². The molecule has 2 aromatic heterocycles. The Balaban J connectivity index is 2.04. The fourth-order valence-corrected chi connectivity index (χ4v) is 1.57. The Hall–Kier alpha value is -2.04. The van der Waals surface area contributed by atoms with Crippen LogP contribution in [0.3, 0.4) is 0 Å². The van der Waals surface area contributed by atoms with Gasteiger partial charge in [0.05, 0.1) is 12.2 Å². The van der Waals surface area contributed by atoms with Gasteiger partial charge in [0, 0.05) is 18.0 Å². The minimum absolute atomic E-state index is 0.398. The van der Waals surface area contributed by atoms with Crippen molar-refractivity contribution in [1.82, 2.24) is 19.9 Å². The lowest BCUT2D eigenvalue weighted by atomic mass is 10.1. The lowest BCUT2D eigenvalue weighted by molar-refractivity contribution is 0.813. The van der Waals surface area contributed by atoms with Gasteiger partial charge in [0.1, 0.15) is 18.0 Å². The topological polar surface area (TPSA) is 63.6 Å². The number of hydrogen-bond donors (Lipinski definition) is 1. The molecule has 5 nitrogen and oxygen atoms in total. The van der Waals surface area contributed by atoms with Gasteiger partial charge in [-0.25, -0.2) is 19.9 Å². The predicted molar refractivity (Wildman–Crippen MR) is 70.2 cm³/mol. The van der Waals surface area contributed by atoms with Crippen molar-refractivity contribution in [3.63, 3.8) is 0 Å². The van der Waals surface area contributed by atoms with Crippen LogP contribution in [-0.2, 0) is 6.54 Å². The second-order valence-corrected chi connectivity index (χ2v) is 4.43. The Kier molecular flexibility index (Phi) is 3.82. The number of nitrogens with one attached hydrogen (secondary N) is 1. The Morgan fingerprint density at radius 1 is 1.22 bits per heavy atom. The molecule has 5 heteroatoms. The molecule has 0 spiro atoms. The van der Waals surface area contributed by atoms with E-state index in [2.05, 4.69) is 39.1 Å². The summed E-state index contributed by atoms with van der Waals surface area (Å²) in [6.07, 6.45) is 3.35. The van der Waals surface area contributed by atoms with Crippen LogP contribution in [0.5, 0.6) is 0 Å². The molecule has 18 heavy (non-hydrogen) atoms. The van der Waals surface area contributed by atoms with Crippen molar-refractivity contribution >= 4 is 5.82 Å². The van der Waals surface area contributed by atoms with E-state index in [0.29, 0.717) is 12.5 Å². The van der Waals surface area contributed by atoms with E-state index < -0.39 is 0 Å². The van der Waals surface area contributed by atoms with Gasteiger partial charge in [-0.2, -0.15) is 0 Å². The molecule has 0 bridgehead atoms. The van der Waals surface area contributed by atoms with Gasteiger partial charge in [-0.1, -0.05) is 13.8 Å². The van der Waals surface area contributed by atoms with Crippen LogP contribution in [-0.4, -0.2) is 19.9 Å². The molecule has 1 N–H and O–H groups in total. The first-order valence-corrected chi connectivity index (χ1v) is 5.99. The van der Waals surface area contributed by atoms with E-state index in [-0.39, 0.29) is 0 Å². The van der Waals surface area contributed by atoms with Crippen LogP contribution >= 0.6 is 0 Å². The van der Waals surface area contributed by atoms with Crippen LogP contribution in [0.2, 0.25) is 0 Å². The van der Waals surface area contributed by atoms with Crippen LogP contribution in [0.4, 0.5) is 5.82 Å². The Morgan fingerprint density at radius 3 is 2.78 bits per heavy atom. The molecular formula is C13H17N5. The number of anilines is 1. The molecule has 0 aliphatic carbocycles. The Bertz CT molecular complexity index is 524. The first-order chi connectivity index (χ1) is 8.65. The molecule has 2 aromatic rings. The second-order valence-electron chi connectivity index (χ2n) is 4.43. The Morgan fingerprint density at radius 2 is 2.06 bits per heavy atom. The van der Waals surface area contributed by atoms with E-state index in [0.717, 1.165) is 23.0 Å². The smallest absolute Gasteiger partial charge is 0.129 e. The number of rotatable bonds is 4. The molecule has 0 aliphatic heterocycles. The first kappa shape index (κ1) is 12.4. The van der Waals surface area contributed by atoms with Crippen molar-refractivity contribution in [2.45, 2.75) is 33.2 Å². The fraction of sp³-hybridized carbons (Fsp3) is 0.385. The van der Waals surface area contributed by atoms with Crippen molar-refractivity contribution in [3.8, 4) is 0 Å². The summed E-state index contributed by atoms with van der Waals surface area (Å²) in [4.78, 5) is 16.8. The van der Waals surface area contributed by atoms with E-state index in [1.807, 2.05) is 19.1 Å². The average molecular weight is 243 g/mol. The molecule has 0 aromatic carbocycles. The standard InChI is InChI=1S/C13H17N5/c1-9(2)12-6-13(17-8-16-12)15-7-11-4-5-14-10(3)18-11/h4-6,8-9H,7H2,1-3H3,(H,15,16,17). The van der Waals surface area contributed by atoms with E-state index in [1.54, 1.807) is 12.5 Å². The average Bonchev–Trinajstić information content (AvgIpc) is 2.37. The molecule has 0 fully saturated rings. The molecule has 0 saturated carbocycles. The number of nitrogens with zero attached hydrogens (tertiary/aromatic N) is 4. The zero-order valence-electron chi connectivity index (χ0n) is 10.9. The van der Waals surface area contributed by atoms with Gasteiger partial charge in [-0.05, 0) is 18.9 Å². The largest absolute Gasteiger partial charge is 0.364 e. The van der Waals surface area contributed by atoms with Gasteiger partial charge in [0.25, 0.3) is 0 Å². The zero-order valence-corrected chi connectivity index (χ0v) is 10.9. The second kappa shape index (κ2) is 5.53. The normalized spacial score (nSPS) is 10.7. The monoisotopic (exact) mass is 243 g/mol. The Labute approximate surface area is 107 Å². The van der Waals surface area contributed by atoms with Gasteiger partial charge < -0.3 is 5.32 Å². The highest BCUT2D eigenvalue weighted by atomic mass is 15.0. The van der Waals surface area contributed by atoms with Crippen LogP contribution in [0.1, 0.15) is 37.0 Å². The summed E-state index contributed by atoms with van der Waals surface area (Å²) in [6.45, 7) is 6.74. The first-order valence-electron chi connectivity index (χ1n) is 5.99. The lowest BCUT2D eigenvalue weighted by Gasteiger charge is -2.08. The highest BCUT2D eigenvalue weighted by Crippen LogP contribution is 2.13. The molecule has 2 heterocycles. The van der Waals surface area contributed by atoms with Crippen LogP contribution in [0, 0.1) is 6.92 Å². The number of aryl methyl sites for hydroxylation is 1. The quantitative estimate of drug-likeness (QED) is 0.892. The van der Waals surface area contributed by atoms with Gasteiger partial charge in [-0.3, -0.25) is 0 Å². The van der Waals surface area contributed by atoms with Crippen molar-refractivity contribution < 1.29 is 0 Å². The van der Waals surface area contributed by atoms with Gasteiger partial charge >= 0.3 is 0 Å². The molecule has 94 valence electrons. The predicted octanol–water partition coefficient (Wildman–Crippen LogP) is 2.31. The minimum Gasteiger partial charge on any atom is -0.364 e. The van der Waals surface area contributed by atoms with Gasteiger partial charge in [-0.15, -0.1) is 0 Å². The summed E-state index contributed by atoms with van der Waals surface area (Å²) < 4.78 is 0. The maximum atomic E-state index is 4.33. The van der Waals surface area contributed by atoms with E-state index >= 15 is 0 Å². The summed E-state index contributed by atoms with van der Waals surface area (Å²) in [5.74, 6) is 2.00. The van der Waals surface area contributed by atoms with E-state index in [4.69, 9.17) is 0 Å². The van der Waals surface area contributed by atoms with Gasteiger partial charge in [0.15, 0.2) is 0 Å². The summed E-state index contributed by atoms with van der Waals surface area (Å²) >= 11 is 0. The third-order valence-corrected chi connectivity index (χ3v) is 2.56. The molecule has 0 aliphatic rings. The molecule has 0 radical (unpaired) electrons. The molecule has 0 unspecified atom stereocenters. The highest BCUT2D eigenvalue weighted by molar-refractivity contribution is 5.36. The molecular weight excluding hydrogens is 226 g/mol. The summed E-state index contributed by atoms with van der Waals surface area (Å²) in [6, 6.07) is 3.86. The van der Waals surface area contributed by atoms with Crippen molar-refractivity contribution in [2.24, 2.45) is 0 Å². The minimum atomic E-state index is 0.398. The van der Waals surface area contributed by atoms with Crippen LogP contribution in [0.25, 0.3) is 0 Å². The fourth-order valence-electron chi connectivity index (χ4n) is 1.57. The summed E-state index contributed by atoms with van der Waals surface area (Å²) in [5.41, 5.74) is 1.98. The molecule has 2 rings (SSSR count). The molecule has 0 saturated heterocycles. The molecule has 0 amide bonds. The van der Waals surface area contributed by atoms with Gasteiger partial charge in [0.2, 0.25) is 0 Å². The highest BCUT2D eigenvalue weighted by Gasteiger charge is 2.03. The number of aromatic nitrogens is 4.